The Morgan fingerprint density at radius 2 is 1.96 bits per heavy atom. The smallest absolute Gasteiger partial charge is 0.270 e. The van der Waals surface area contributed by atoms with Gasteiger partial charge in [-0.25, -0.2) is 0 Å². The zero-order chi connectivity index (χ0) is 17.4. The fourth-order valence-electron chi connectivity index (χ4n) is 2.19. The molecule has 0 saturated heterocycles. The number of non-ortho nitro benzene ring substituents is 1. The molecule has 0 amide bonds. The van der Waals surface area contributed by atoms with Crippen molar-refractivity contribution in [3.8, 4) is 5.75 Å². The number of rotatable bonds is 9. The lowest BCUT2D eigenvalue weighted by molar-refractivity contribution is -0.384. The molecule has 0 aliphatic rings. The summed E-state index contributed by atoms with van der Waals surface area (Å²) < 4.78 is 17.6. The van der Waals surface area contributed by atoms with Gasteiger partial charge in [0, 0.05) is 41.4 Å². The molecule has 1 atom stereocenters. The number of nitro groups is 1. The maximum Gasteiger partial charge on any atom is 0.270 e. The summed E-state index contributed by atoms with van der Waals surface area (Å²) >= 11 is 0. The van der Waals surface area contributed by atoms with Crippen molar-refractivity contribution in [2.75, 3.05) is 18.9 Å². The Balaban J connectivity index is 1.92. The molecular formula is C17H20N2O4S. The van der Waals surface area contributed by atoms with Crippen LogP contribution in [0.3, 0.4) is 0 Å². The van der Waals surface area contributed by atoms with Gasteiger partial charge in [-0.05, 0) is 25.1 Å². The van der Waals surface area contributed by atoms with Crippen LogP contribution in [0.15, 0.2) is 53.4 Å². The van der Waals surface area contributed by atoms with E-state index in [9.17, 15) is 14.3 Å². The van der Waals surface area contributed by atoms with Gasteiger partial charge < -0.3 is 10.1 Å². The van der Waals surface area contributed by atoms with Crippen molar-refractivity contribution in [1.82, 2.24) is 5.32 Å². The Labute approximate surface area is 143 Å². The first kappa shape index (κ1) is 18.1. The summed E-state index contributed by atoms with van der Waals surface area (Å²) in [5, 5.41) is 14.1. The average Bonchev–Trinajstić information content (AvgIpc) is 2.60. The van der Waals surface area contributed by atoms with Crippen LogP contribution < -0.4 is 10.1 Å². The van der Waals surface area contributed by atoms with Gasteiger partial charge in [-0.2, -0.15) is 0 Å². The summed E-state index contributed by atoms with van der Waals surface area (Å²) in [5.74, 6) is 1.10. The molecule has 0 fully saturated rings. The summed E-state index contributed by atoms with van der Waals surface area (Å²) in [6.45, 7) is 3.31. The van der Waals surface area contributed by atoms with Crippen LogP contribution in [-0.2, 0) is 17.3 Å². The summed E-state index contributed by atoms with van der Waals surface area (Å²) in [4.78, 5) is 11.3. The van der Waals surface area contributed by atoms with Crippen LogP contribution in [0.2, 0.25) is 0 Å². The largest absolute Gasteiger partial charge is 0.494 e. The molecule has 24 heavy (non-hydrogen) atoms. The van der Waals surface area contributed by atoms with Crippen LogP contribution in [0.25, 0.3) is 0 Å². The molecule has 2 aromatic rings. The molecule has 0 spiro atoms. The van der Waals surface area contributed by atoms with Gasteiger partial charge in [0.05, 0.1) is 22.3 Å². The third-order valence-corrected chi connectivity index (χ3v) is 4.71. The first-order valence-electron chi connectivity index (χ1n) is 7.66. The second-order valence-electron chi connectivity index (χ2n) is 5.02. The molecule has 0 heterocycles. The zero-order valence-corrected chi connectivity index (χ0v) is 14.3. The predicted molar refractivity (Wildman–Crippen MR) is 93.7 cm³/mol. The van der Waals surface area contributed by atoms with E-state index in [0.717, 1.165) is 10.5 Å². The fourth-order valence-corrected chi connectivity index (χ4v) is 3.22. The number of hydrogen-bond donors (Lipinski definition) is 1. The molecule has 0 aliphatic heterocycles. The van der Waals surface area contributed by atoms with E-state index in [1.165, 1.54) is 12.1 Å². The van der Waals surface area contributed by atoms with Gasteiger partial charge in [0.15, 0.2) is 0 Å². The fraction of sp³-hybridized carbons (Fsp3) is 0.294. The van der Waals surface area contributed by atoms with Crippen LogP contribution in [-0.4, -0.2) is 28.0 Å². The number of nitrogens with zero attached hydrogens (tertiary/aromatic N) is 1. The Kier molecular flexibility index (Phi) is 6.89. The topological polar surface area (TPSA) is 81.5 Å². The van der Waals surface area contributed by atoms with Crippen molar-refractivity contribution in [2.45, 2.75) is 18.4 Å². The Hall–Kier alpha value is -2.25. The van der Waals surface area contributed by atoms with Crippen LogP contribution in [0.4, 0.5) is 5.69 Å². The first-order valence-corrected chi connectivity index (χ1v) is 8.98. The minimum absolute atomic E-state index is 0.0307. The highest BCUT2D eigenvalue weighted by atomic mass is 32.2. The predicted octanol–water partition coefficient (Wildman–Crippen LogP) is 2.89. The van der Waals surface area contributed by atoms with E-state index in [4.69, 9.17) is 4.74 Å². The Morgan fingerprint density at radius 3 is 2.62 bits per heavy atom. The summed E-state index contributed by atoms with van der Waals surface area (Å²) in [7, 11) is -1.06. The van der Waals surface area contributed by atoms with Gasteiger partial charge in [-0.15, -0.1) is 0 Å². The number of nitrogens with one attached hydrogen (secondary N) is 1. The van der Waals surface area contributed by atoms with E-state index < -0.39 is 15.7 Å². The molecule has 7 heteroatoms. The summed E-state index contributed by atoms with van der Waals surface area (Å²) in [6.07, 6.45) is 0. The monoisotopic (exact) mass is 348 g/mol. The molecule has 0 unspecified atom stereocenters. The lowest BCUT2D eigenvalue weighted by Crippen LogP contribution is -2.20. The molecule has 0 saturated carbocycles. The molecule has 2 aromatic carbocycles. The van der Waals surface area contributed by atoms with Crippen molar-refractivity contribution in [3.63, 3.8) is 0 Å². The molecule has 2 rings (SSSR count). The van der Waals surface area contributed by atoms with E-state index in [2.05, 4.69) is 5.32 Å². The van der Waals surface area contributed by atoms with E-state index >= 15 is 0 Å². The molecule has 0 radical (unpaired) electrons. The number of nitro benzene ring substituents is 1. The molecule has 1 N–H and O–H groups in total. The third kappa shape index (κ3) is 5.14. The Bertz CT molecular complexity index is 707. The van der Waals surface area contributed by atoms with Gasteiger partial charge in [-0.3, -0.25) is 14.3 Å². The Morgan fingerprint density at radius 1 is 1.21 bits per heavy atom. The summed E-state index contributed by atoms with van der Waals surface area (Å²) in [5.41, 5.74) is 0.750. The maximum absolute atomic E-state index is 12.1. The maximum atomic E-state index is 12.1. The van der Waals surface area contributed by atoms with Crippen molar-refractivity contribution in [2.24, 2.45) is 0 Å². The standard InChI is InChI=1S/C17H20N2O4S/c1-2-23-17-9-8-15(19(20)21)12-14(17)13-18-10-11-24(22)16-6-4-3-5-7-16/h3-9,12,18H,2,10-11,13H2,1H3/t24-/m0/s1. The van der Waals surface area contributed by atoms with Gasteiger partial charge in [0.1, 0.15) is 5.75 Å². The molecule has 0 aliphatic carbocycles. The number of hydrogen-bond acceptors (Lipinski definition) is 5. The van der Waals surface area contributed by atoms with Crippen molar-refractivity contribution < 1.29 is 13.9 Å². The van der Waals surface area contributed by atoms with Gasteiger partial charge in [0.25, 0.3) is 5.69 Å². The van der Waals surface area contributed by atoms with E-state index in [1.54, 1.807) is 6.07 Å². The first-order chi connectivity index (χ1) is 11.6. The van der Waals surface area contributed by atoms with Crippen LogP contribution in [0.1, 0.15) is 12.5 Å². The highest BCUT2D eigenvalue weighted by Gasteiger charge is 2.11. The second-order valence-corrected chi connectivity index (χ2v) is 6.59. The minimum atomic E-state index is -1.06. The normalized spacial score (nSPS) is 11.9. The molecular weight excluding hydrogens is 328 g/mol. The second kappa shape index (κ2) is 9.14. The van der Waals surface area contributed by atoms with Crippen molar-refractivity contribution >= 4 is 16.5 Å². The zero-order valence-electron chi connectivity index (χ0n) is 13.4. The number of benzene rings is 2. The third-order valence-electron chi connectivity index (χ3n) is 3.34. The van der Waals surface area contributed by atoms with E-state index in [0.29, 0.717) is 31.2 Å². The quantitative estimate of drug-likeness (QED) is 0.428. The lowest BCUT2D eigenvalue weighted by Gasteiger charge is -2.11. The van der Waals surface area contributed by atoms with E-state index in [1.807, 2.05) is 37.3 Å². The van der Waals surface area contributed by atoms with Crippen molar-refractivity contribution in [3.05, 3.63) is 64.2 Å². The molecule has 6 nitrogen and oxygen atoms in total. The summed E-state index contributed by atoms with van der Waals surface area (Å²) in [6, 6.07) is 13.8. The van der Waals surface area contributed by atoms with E-state index in [-0.39, 0.29) is 5.69 Å². The van der Waals surface area contributed by atoms with Gasteiger partial charge in [-0.1, -0.05) is 18.2 Å². The highest BCUT2D eigenvalue weighted by Crippen LogP contribution is 2.24. The molecule has 0 bridgehead atoms. The van der Waals surface area contributed by atoms with Crippen LogP contribution >= 0.6 is 0 Å². The molecule has 0 aromatic heterocycles. The lowest BCUT2D eigenvalue weighted by atomic mass is 10.1. The SMILES string of the molecule is CCOc1ccc([N+](=O)[O-])cc1CNCC[S@](=O)c1ccccc1. The highest BCUT2D eigenvalue weighted by molar-refractivity contribution is 7.85. The minimum Gasteiger partial charge on any atom is -0.494 e. The van der Waals surface area contributed by atoms with Crippen LogP contribution in [0.5, 0.6) is 5.75 Å². The number of ether oxygens (including phenoxy) is 1. The molecule has 128 valence electrons. The van der Waals surface area contributed by atoms with Crippen LogP contribution in [0, 0.1) is 10.1 Å². The average molecular weight is 348 g/mol. The van der Waals surface area contributed by atoms with Gasteiger partial charge in [0.2, 0.25) is 0 Å². The van der Waals surface area contributed by atoms with Gasteiger partial charge >= 0.3 is 0 Å². The van der Waals surface area contributed by atoms with Crippen molar-refractivity contribution in [1.29, 1.82) is 0 Å².